The van der Waals surface area contributed by atoms with E-state index in [4.69, 9.17) is 13.6 Å². The highest BCUT2D eigenvalue weighted by Gasteiger charge is 2.21. The summed E-state index contributed by atoms with van der Waals surface area (Å²) in [5.41, 5.74) is 0. The molecule has 0 bridgehead atoms. The number of methoxy groups -OCH3 is 1. The third-order valence-electron chi connectivity index (χ3n) is 1.64. The Morgan fingerprint density at radius 3 is 1.80 bits per heavy atom. The fourth-order valence-electron chi connectivity index (χ4n) is 1.08. The molecule has 0 aliphatic carbocycles. The van der Waals surface area contributed by atoms with E-state index in [1.165, 1.54) is 0 Å². The van der Waals surface area contributed by atoms with Crippen molar-refractivity contribution in [1.82, 2.24) is 0 Å². The Bertz CT molecular complexity index is 172. The Balaban J connectivity index is 3.82. The molecule has 0 spiro atoms. The van der Waals surface area contributed by atoms with Gasteiger partial charge in [0.25, 0.3) is 0 Å². The molecular formula is C10H26O3Si2. The minimum atomic E-state index is -1.51. The summed E-state index contributed by atoms with van der Waals surface area (Å²) in [5, 5.41) is 0. The van der Waals surface area contributed by atoms with E-state index < -0.39 is 16.6 Å². The van der Waals surface area contributed by atoms with Crippen LogP contribution in [0.4, 0.5) is 0 Å². The summed E-state index contributed by atoms with van der Waals surface area (Å²) < 4.78 is 16.9. The zero-order chi connectivity index (χ0) is 12.1. The summed E-state index contributed by atoms with van der Waals surface area (Å²) in [7, 11) is -1.21. The highest BCUT2D eigenvalue weighted by Crippen LogP contribution is 2.12. The fraction of sp³-hybridized carbons (Fsp3) is 1.00. The predicted molar refractivity (Wildman–Crippen MR) is 69.1 cm³/mol. The average molecular weight is 250 g/mol. The van der Waals surface area contributed by atoms with Crippen molar-refractivity contribution in [2.45, 2.75) is 52.0 Å². The van der Waals surface area contributed by atoms with Crippen LogP contribution in [0.25, 0.3) is 0 Å². The predicted octanol–water partition coefficient (Wildman–Crippen LogP) is 3.05. The van der Waals surface area contributed by atoms with Crippen molar-refractivity contribution < 1.29 is 13.6 Å². The van der Waals surface area contributed by atoms with Gasteiger partial charge in [-0.15, -0.1) is 0 Å². The van der Waals surface area contributed by atoms with Crippen LogP contribution in [-0.4, -0.2) is 36.6 Å². The molecule has 92 valence electrons. The third kappa shape index (κ3) is 10.6. The minimum Gasteiger partial charge on any atom is -0.417 e. The molecule has 1 unspecified atom stereocenters. The van der Waals surface area contributed by atoms with Crippen LogP contribution in [0.5, 0.6) is 0 Å². The summed E-state index contributed by atoms with van der Waals surface area (Å²) >= 11 is 0. The standard InChI is InChI=1S/C10H26O3Si2/c1-11-10(13-15(5,6)7)8-9-12-14(2,3)4/h10H,8-9H2,1-7H3. The molecule has 1 atom stereocenters. The lowest BCUT2D eigenvalue weighted by molar-refractivity contribution is -0.0701. The monoisotopic (exact) mass is 250 g/mol. The minimum absolute atomic E-state index is 0.104. The molecule has 15 heavy (non-hydrogen) atoms. The quantitative estimate of drug-likeness (QED) is 0.513. The average Bonchev–Trinajstić information content (AvgIpc) is 1.97. The van der Waals surface area contributed by atoms with Gasteiger partial charge in [-0.3, -0.25) is 0 Å². The summed E-state index contributed by atoms with van der Waals surface area (Å²) in [4.78, 5) is 0. The topological polar surface area (TPSA) is 27.7 Å². The molecular weight excluding hydrogens is 224 g/mol. The van der Waals surface area contributed by atoms with E-state index in [0.717, 1.165) is 13.0 Å². The van der Waals surface area contributed by atoms with Crippen LogP contribution in [-0.2, 0) is 13.6 Å². The van der Waals surface area contributed by atoms with Crippen LogP contribution in [0.2, 0.25) is 39.3 Å². The largest absolute Gasteiger partial charge is 0.417 e. The van der Waals surface area contributed by atoms with Crippen molar-refractivity contribution >= 4 is 16.6 Å². The molecule has 0 heterocycles. The van der Waals surface area contributed by atoms with Crippen molar-refractivity contribution in [3.05, 3.63) is 0 Å². The second kappa shape index (κ2) is 6.15. The van der Waals surface area contributed by atoms with E-state index in [-0.39, 0.29) is 6.29 Å². The van der Waals surface area contributed by atoms with Crippen molar-refractivity contribution in [1.29, 1.82) is 0 Å². The lowest BCUT2D eigenvalue weighted by Crippen LogP contribution is -2.35. The van der Waals surface area contributed by atoms with Gasteiger partial charge < -0.3 is 13.6 Å². The molecule has 0 radical (unpaired) electrons. The smallest absolute Gasteiger partial charge is 0.187 e. The lowest BCUT2D eigenvalue weighted by Gasteiger charge is -2.26. The van der Waals surface area contributed by atoms with Crippen molar-refractivity contribution in [3.63, 3.8) is 0 Å². The maximum atomic E-state index is 5.85. The van der Waals surface area contributed by atoms with E-state index in [1.807, 2.05) is 0 Å². The Morgan fingerprint density at radius 1 is 0.933 bits per heavy atom. The molecule has 0 amide bonds. The van der Waals surface area contributed by atoms with Crippen LogP contribution in [0, 0.1) is 0 Å². The van der Waals surface area contributed by atoms with Crippen LogP contribution >= 0.6 is 0 Å². The first-order chi connectivity index (χ1) is 6.64. The van der Waals surface area contributed by atoms with Gasteiger partial charge in [0.15, 0.2) is 16.6 Å². The van der Waals surface area contributed by atoms with E-state index in [9.17, 15) is 0 Å². The van der Waals surface area contributed by atoms with E-state index in [1.54, 1.807) is 7.11 Å². The summed E-state index contributed by atoms with van der Waals surface area (Å²) in [6.45, 7) is 13.8. The summed E-state index contributed by atoms with van der Waals surface area (Å²) in [6, 6.07) is 0. The van der Waals surface area contributed by atoms with Crippen LogP contribution in [0.15, 0.2) is 0 Å². The molecule has 3 nitrogen and oxygen atoms in total. The maximum absolute atomic E-state index is 5.85. The first-order valence-corrected chi connectivity index (χ1v) is 12.3. The molecule has 0 fully saturated rings. The van der Waals surface area contributed by atoms with E-state index in [0.29, 0.717) is 0 Å². The van der Waals surface area contributed by atoms with Gasteiger partial charge >= 0.3 is 0 Å². The number of ether oxygens (including phenoxy) is 1. The Kier molecular flexibility index (Phi) is 6.28. The van der Waals surface area contributed by atoms with E-state index >= 15 is 0 Å². The normalized spacial score (nSPS) is 15.4. The number of hydrogen-bond acceptors (Lipinski definition) is 3. The Morgan fingerprint density at radius 2 is 1.47 bits per heavy atom. The van der Waals surface area contributed by atoms with Gasteiger partial charge in [0.2, 0.25) is 0 Å². The second-order valence-corrected chi connectivity index (χ2v) is 14.6. The number of hydrogen-bond donors (Lipinski definition) is 0. The van der Waals surface area contributed by atoms with Crippen LogP contribution < -0.4 is 0 Å². The van der Waals surface area contributed by atoms with Crippen LogP contribution in [0.1, 0.15) is 6.42 Å². The van der Waals surface area contributed by atoms with E-state index in [2.05, 4.69) is 39.3 Å². The van der Waals surface area contributed by atoms with Gasteiger partial charge in [0.1, 0.15) is 6.29 Å². The zero-order valence-corrected chi connectivity index (χ0v) is 13.2. The molecule has 0 saturated carbocycles. The molecule has 0 aliphatic rings. The van der Waals surface area contributed by atoms with Gasteiger partial charge in [-0.05, 0) is 39.3 Å². The third-order valence-corrected chi connectivity index (χ3v) is 3.68. The molecule has 0 aliphatic heterocycles. The lowest BCUT2D eigenvalue weighted by atomic mass is 10.4. The summed E-state index contributed by atoms with van der Waals surface area (Å²) in [6.07, 6.45) is 0.721. The molecule has 0 aromatic rings. The van der Waals surface area contributed by atoms with Gasteiger partial charge in [0, 0.05) is 20.1 Å². The Hall–Kier alpha value is 0.314. The van der Waals surface area contributed by atoms with Crippen molar-refractivity contribution in [3.8, 4) is 0 Å². The van der Waals surface area contributed by atoms with Gasteiger partial charge in [-0.1, -0.05) is 0 Å². The van der Waals surface area contributed by atoms with Gasteiger partial charge in [-0.25, -0.2) is 0 Å². The highest BCUT2D eigenvalue weighted by atomic mass is 28.4. The summed E-state index contributed by atoms with van der Waals surface area (Å²) in [5.74, 6) is 0. The molecule has 0 rings (SSSR count). The van der Waals surface area contributed by atoms with Crippen molar-refractivity contribution in [2.24, 2.45) is 0 Å². The SMILES string of the molecule is COC(CCO[Si](C)(C)C)O[Si](C)(C)C. The first-order valence-electron chi connectivity index (χ1n) is 5.48. The zero-order valence-electron chi connectivity index (χ0n) is 11.2. The van der Waals surface area contributed by atoms with Crippen LogP contribution in [0.3, 0.4) is 0 Å². The fourth-order valence-corrected chi connectivity index (χ4v) is 2.81. The van der Waals surface area contributed by atoms with Gasteiger partial charge in [-0.2, -0.15) is 0 Å². The Labute approximate surface area is 96.4 Å². The maximum Gasteiger partial charge on any atom is 0.187 e. The van der Waals surface area contributed by atoms with Crippen molar-refractivity contribution in [2.75, 3.05) is 13.7 Å². The highest BCUT2D eigenvalue weighted by molar-refractivity contribution is 6.70. The molecule has 5 heteroatoms. The molecule has 0 saturated heterocycles. The second-order valence-electron chi connectivity index (χ2n) is 5.64. The van der Waals surface area contributed by atoms with Gasteiger partial charge in [0.05, 0.1) is 0 Å². The first kappa shape index (κ1) is 15.3. The molecule has 0 aromatic heterocycles. The molecule has 0 aromatic carbocycles. The number of rotatable bonds is 7. The molecule has 0 N–H and O–H groups in total.